The van der Waals surface area contributed by atoms with Gasteiger partial charge in [0.2, 0.25) is 0 Å². The van der Waals surface area contributed by atoms with Gasteiger partial charge in [-0.25, -0.2) is 9.18 Å². The number of ether oxygens (including phenoxy) is 3. The summed E-state index contributed by atoms with van der Waals surface area (Å²) >= 11 is 0. The average Bonchev–Trinajstić information content (AvgIpc) is 3.40. The highest BCUT2D eigenvalue weighted by Gasteiger charge is 2.32. The molecule has 5 rings (SSSR count). The van der Waals surface area contributed by atoms with Gasteiger partial charge in [-0.05, 0) is 48.5 Å². The molecular formula is C27H24FN3O4. The lowest BCUT2D eigenvalue weighted by atomic mass is 10.1. The molecule has 1 aliphatic rings. The molecule has 0 amide bonds. The molecule has 178 valence electrons. The number of rotatable bonds is 8. The SMILES string of the molecule is COC(=O)c1cccc(N2CC(Oc3ccc(COc4cccnc4)c(F)c3)C2)c1-n1cccc1. The average molecular weight is 474 g/mol. The Bertz CT molecular complexity index is 1310. The molecule has 2 aromatic carbocycles. The first kappa shape index (κ1) is 22.5. The van der Waals surface area contributed by atoms with E-state index < -0.39 is 5.97 Å². The summed E-state index contributed by atoms with van der Waals surface area (Å²) in [6.07, 6.45) is 6.91. The number of esters is 1. The zero-order valence-corrected chi connectivity index (χ0v) is 19.1. The predicted octanol–water partition coefficient (Wildman–Crippen LogP) is 4.64. The zero-order chi connectivity index (χ0) is 24.2. The van der Waals surface area contributed by atoms with E-state index in [1.165, 1.54) is 13.2 Å². The van der Waals surface area contributed by atoms with Gasteiger partial charge in [0.25, 0.3) is 0 Å². The van der Waals surface area contributed by atoms with Crippen molar-refractivity contribution in [1.82, 2.24) is 9.55 Å². The van der Waals surface area contributed by atoms with E-state index in [0.29, 0.717) is 35.7 Å². The molecule has 0 aliphatic carbocycles. The quantitative estimate of drug-likeness (QED) is 0.347. The van der Waals surface area contributed by atoms with Crippen molar-refractivity contribution in [2.24, 2.45) is 0 Å². The highest BCUT2D eigenvalue weighted by molar-refractivity contribution is 5.96. The van der Waals surface area contributed by atoms with Crippen LogP contribution in [0.5, 0.6) is 11.5 Å². The first-order valence-electron chi connectivity index (χ1n) is 11.2. The number of para-hydroxylation sites is 1. The van der Waals surface area contributed by atoms with Gasteiger partial charge in [-0.3, -0.25) is 4.98 Å². The number of nitrogens with zero attached hydrogens (tertiary/aromatic N) is 3. The van der Waals surface area contributed by atoms with Crippen molar-refractivity contribution >= 4 is 11.7 Å². The Balaban J connectivity index is 1.25. The smallest absolute Gasteiger partial charge is 0.340 e. The Morgan fingerprint density at radius 3 is 2.60 bits per heavy atom. The normalized spacial score (nSPS) is 13.3. The molecule has 0 bridgehead atoms. The fraction of sp³-hybridized carbons (Fsp3) is 0.185. The maximum atomic E-state index is 14.6. The summed E-state index contributed by atoms with van der Waals surface area (Å²) < 4.78 is 33.1. The number of pyridine rings is 1. The van der Waals surface area contributed by atoms with Crippen LogP contribution in [0.25, 0.3) is 5.69 Å². The molecule has 0 unspecified atom stereocenters. The number of benzene rings is 2. The molecule has 0 atom stereocenters. The van der Waals surface area contributed by atoms with E-state index in [-0.39, 0.29) is 18.5 Å². The highest BCUT2D eigenvalue weighted by atomic mass is 19.1. The third kappa shape index (κ3) is 4.82. The molecular weight excluding hydrogens is 449 g/mol. The van der Waals surface area contributed by atoms with Crippen molar-refractivity contribution in [3.05, 3.63) is 102 Å². The number of methoxy groups -OCH3 is 1. The third-order valence-corrected chi connectivity index (χ3v) is 5.83. The number of hydrogen-bond acceptors (Lipinski definition) is 6. The number of carbonyl (C=O) groups excluding carboxylic acids is 1. The second-order valence-electron chi connectivity index (χ2n) is 8.13. The molecule has 0 radical (unpaired) electrons. The van der Waals surface area contributed by atoms with Gasteiger partial charge in [-0.2, -0.15) is 0 Å². The number of anilines is 1. The van der Waals surface area contributed by atoms with Crippen molar-refractivity contribution in [3.63, 3.8) is 0 Å². The predicted molar refractivity (Wildman–Crippen MR) is 129 cm³/mol. The van der Waals surface area contributed by atoms with Crippen LogP contribution >= 0.6 is 0 Å². The van der Waals surface area contributed by atoms with Gasteiger partial charge < -0.3 is 23.7 Å². The molecule has 3 heterocycles. The van der Waals surface area contributed by atoms with E-state index in [4.69, 9.17) is 14.2 Å². The molecule has 1 aliphatic heterocycles. The van der Waals surface area contributed by atoms with Crippen molar-refractivity contribution in [2.75, 3.05) is 25.1 Å². The summed E-state index contributed by atoms with van der Waals surface area (Å²) in [4.78, 5) is 18.5. The summed E-state index contributed by atoms with van der Waals surface area (Å²) in [5, 5.41) is 0. The summed E-state index contributed by atoms with van der Waals surface area (Å²) in [6, 6.07) is 17.7. The van der Waals surface area contributed by atoms with Gasteiger partial charge in [-0.1, -0.05) is 6.07 Å². The molecule has 1 fully saturated rings. The molecule has 7 nitrogen and oxygen atoms in total. The van der Waals surface area contributed by atoms with E-state index in [9.17, 15) is 9.18 Å². The van der Waals surface area contributed by atoms with Gasteiger partial charge in [0.15, 0.2) is 0 Å². The summed E-state index contributed by atoms with van der Waals surface area (Å²) in [5.74, 6) is 0.263. The molecule has 1 saturated heterocycles. The third-order valence-electron chi connectivity index (χ3n) is 5.83. The summed E-state index contributed by atoms with van der Waals surface area (Å²) in [5.41, 5.74) is 2.58. The molecule has 8 heteroatoms. The van der Waals surface area contributed by atoms with Crippen LogP contribution < -0.4 is 14.4 Å². The van der Waals surface area contributed by atoms with Crippen LogP contribution in [0.1, 0.15) is 15.9 Å². The van der Waals surface area contributed by atoms with E-state index in [1.807, 2.05) is 41.2 Å². The molecule has 0 saturated carbocycles. The lowest BCUT2D eigenvalue weighted by Crippen LogP contribution is -2.54. The van der Waals surface area contributed by atoms with Crippen LogP contribution in [0.4, 0.5) is 10.1 Å². The molecule has 0 spiro atoms. The maximum absolute atomic E-state index is 14.6. The molecule has 35 heavy (non-hydrogen) atoms. The Hall–Kier alpha value is -4.33. The zero-order valence-electron chi connectivity index (χ0n) is 19.1. The van der Waals surface area contributed by atoms with E-state index >= 15 is 0 Å². The Morgan fingerprint density at radius 1 is 1.06 bits per heavy atom. The van der Waals surface area contributed by atoms with Crippen molar-refractivity contribution in [2.45, 2.75) is 12.7 Å². The second kappa shape index (κ2) is 9.89. The van der Waals surface area contributed by atoms with Crippen molar-refractivity contribution in [1.29, 1.82) is 0 Å². The standard InChI is InChI=1S/C27H24FN3O4/c1-33-27(32)23-7-4-8-25(26(23)30-12-2-3-13-30)31-16-22(17-31)35-20-10-9-19(24(28)14-20)18-34-21-6-5-11-29-15-21/h2-15,22H,16-18H2,1H3. The van der Waals surface area contributed by atoms with Crippen LogP contribution in [0, 0.1) is 5.82 Å². The van der Waals surface area contributed by atoms with E-state index in [2.05, 4.69) is 9.88 Å². The largest absolute Gasteiger partial charge is 0.487 e. The van der Waals surface area contributed by atoms with Crippen LogP contribution in [0.2, 0.25) is 0 Å². The van der Waals surface area contributed by atoms with Crippen LogP contribution in [0.15, 0.2) is 85.5 Å². The maximum Gasteiger partial charge on any atom is 0.340 e. The minimum Gasteiger partial charge on any atom is -0.487 e. The monoisotopic (exact) mass is 473 g/mol. The topological polar surface area (TPSA) is 65.8 Å². The number of aromatic nitrogens is 2. The lowest BCUT2D eigenvalue weighted by molar-refractivity contribution is 0.0600. The number of halogens is 1. The fourth-order valence-electron chi connectivity index (χ4n) is 4.03. The molecule has 2 aromatic heterocycles. The fourth-order valence-corrected chi connectivity index (χ4v) is 4.03. The first-order chi connectivity index (χ1) is 17.1. The van der Waals surface area contributed by atoms with Gasteiger partial charge in [0.1, 0.15) is 30.0 Å². The van der Waals surface area contributed by atoms with Crippen LogP contribution in [-0.2, 0) is 11.3 Å². The van der Waals surface area contributed by atoms with Crippen molar-refractivity contribution < 1.29 is 23.4 Å². The van der Waals surface area contributed by atoms with Crippen LogP contribution in [-0.4, -0.2) is 41.8 Å². The van der Waals surface area contributed by atoms with Gasteiger partial charge in [-0.15, -0.1) is 0 Å². The Labute approximate surface area is 202 Å². The number of carbonyl (C=O) groups is 1. The summed E-state index contributed by atoms with van der Waals surface area (Å²) in [6.45, 7) is 1.31. The lowest BCUT2D eigenvalue weighted by Gasteiger charge is -2.41. The minimum atomic E-state index is -0.396. The minimum absolute atomic E-state index is 0.105. The first-order valence-corrected chi connectivity index (χ1v) is 11.2. The van der Waals surface area contributed by atoms with E-state index in [1.54, 1.807) is 42.7 Å². The Morgan fingerprint density at radius 2 is 1.89 bits per heavy atom. The second-order valence-corrected chi connectivity index (χ2v) is 8.13. The van der Waals surface area contributed by atoms with Crippen LogP contribution in [0.3, 0.4) is 0 Å². The van der Waals surface area contributed by atoms with E-state index in [0.717, 1.165) is 11.4 Å². The van der Waals surface area contributed by atoms with Gasteiger partial charge in [0.05, 0.1) is 43.3 Å². The Kier molecular flexibility index (Phi) is 6.34. The number of hydrogen-bond donors (Lipinski definition) is 0. The molecule has 0 N–H and O–H groups in total. The molecule has 4 aromatic rings. The van der Waals surface area contributed by atoms with Gasteiger partial charge in [0, 0.05) is 30.2 Å². The highest BCUT2D eigenvalue weighted by Crippen LogP contribution is 2.33. The van der Waals surface area contributed by atoms with Gasteiger partial charge >= 0.3 is 5.97 Å². The summed E-state index contributed by atoms with van der Waals surface area (Å²) in [7, 11) is 1.37. The van der Waals surface area contributed by atoms with Crippen molar-refractivity contribution in [3.8, 4) is 17.2 Å².